The molecule has 0 bridgehead atoms. The maximum Gasteiger partial charge on any atom is 0.263 e. The van der Waals surface area contributed by atoms with Gasteiger partial charge in [0.05, 0.1) is 20.4 Å². The molecule has 0 spiro atoms. The third-order valence-corrected chi connectivity index (χ3v) is 4.01. The molecular weight excluding hydrogens is 296 g/mol. The van der Waals surface area contributed by atoms with Crippen molar-refractivity contribution in [1.82, 2.24) is 4.90 Å². The Bertz CT molecular complexity index is 560. The van der Waals surface area contributed by atoms with Gasteiger partial charge in [-0.05, 0) is 38.3 Å². The summed E-state index contributed by atoms with van der Waals surface area (Å²) in [6.45, 7) is 2.82. The molecule has 1 fully saturated rings. The maximum atomic E-state index is 12.1. The lowest BCUT2D eigenvalue weighted by molar-refractivity contribution is -0.139. The fourth-order valence-electron chi connectivity index (χ4n) is 2.75. The van der Waals surface area contributed by atoms with Crippen LogP contribution < -0.4 is 9.47 Å². The highest BCUT2D eigenvalue weighted by molar-refractivity contribution is 5.85. The minimum absolute atomic E-state index is 0.0213. The van der Waals surface area contributed by atoms with Crippen LogP contribution in [0.2, 0.25) is 0 Å². The average Bonchev–Trinajstić information content (AvgIpc) is 2.58. The van der Waals surface area contributed by atoms with Crippen molar-refractivity contribution in [3.63, 3.8) is 0 Å². The van der Waals surface area contributed by atoms with E-state index in [0.717, 1.165) is 24.9 Å². The molecule has 126 valence electrons. The van der Waals surface area contributed by atoms with Gasteiger partial charge >= 0.3 is 0 Å². The lowest BCUT2D eigenvalue weighted by Crippen LogP contribution is -2.43. The maximum absolute atomic E-state index is 12.1. The van der Waals surface area contributed by atoms with Crippen molar-refractivity contribution < 1.29 is 19.1 Å². The molecule has 1 aliphatic heterocycles. The van der Waals surface area contributed by atoms with Crippen LogP contribution in [-0.4, -0.2) is 50.4 Å². The zero-order valence-electron chi connectivity index (χ0n) is 13.9. The van der Waals surface area contributed by atoms with Crippen molar-refractivity contribution >= 4 is 12.1 Å². The first kappa shape index (κ1) is 17.1. The van der Waals surface area contributed by atoms with Crippen LogP contribution in [0.3, 0.4) is 0 Å². The van der Waals surface area contributed by atoms with Gasteiger partial charge in [-0.2, -0.15) is 0 Å². The fourth-order valence-corrected chi connectivity index (χ4v) is 2.75. The quantitative estimate of drug-likeness (QED) is 0.597. The van der Waals surface area contributed by atoms with Gasteiger partial charge in [-0.3, -0.25) is 4.79 Å². The van der Waals surface area contributed by atoms with Crippen molar-refractivity contribution in [3.8, 4) is 11.5 Å². The molecule has 0 unspecified atom stereocenters. The normalized spacial score (nSPS) is 18.0. The molecule has 1 saturated heterocycles. The third kappa shape index (κ3) is 4.37. The molecular formula is C17H24N2O4. The van der Waals surface area contributed by atoms with Crippen LogP contribution in [0.15, 0.2) is 23.4 Å². The lowest BCUT2D eigenvalue weighted by Gasteiger charge is -2.32. The summed E-state index contributed by atoms with van der Waals surface area (Å²) in [5.74, 6) is 1.18. The number of benzene rings is 1. The Balaban J connectivity index is 1.91. The van der Waals surface area contributed by atoms with Gasteiger partial charge in [0.25, 0.3) is 5.91 Å². The number of carbonyl (C=O) groups excluding carboxylic acids is 1. The number of hydrogen-bond acceptors (Lipinski definition) is 5. The highest BCUT2D eigenvalue weighted by Crippen LogP contribution is 2.29. The molecule has 1 heterocycles. The second kappa shape index (κ2) is 8.41. The fraction of sp³-hybridized carbons (Fsp3) is 0.529. The molecule has 1 aliphatic rings. The summed E-state index contributed by atoms with van der Waals surface area (Å²) in [5, 5.41) is 3.88. The molecule has 6 heteroatoms. The van der Waals surface area contributed by atoms with Gasteiger partial charge in [-0.15, -0.1) is 0 Å². The number of piperidine rings is 1. The minimum Gasteiger partial charge on any atom is -0.493 e. The van der Waals surface area contributed by atoms with E-state index in [0.29, 0.717) is 11.5 Å². The molecule has 0 N–H and O–H groups in total. The van der Waals surface area contributed by atoms with Crippen molar-refractivity contribution in [2.45, 2.75) is 32.2 Å². The third-order valence-electron chi connectivity index (χ3n) is 4.01. The number of methoxy groups -OCH3 is 2. The Morgan fingerprint density at radius 1 is 1.35 bits per heavy atom. The van der Waals surface area contributed by atoms with Gasteiger partial charge in [0.15, 0.2) is 18.1 Å². The lowest BCUT2D eigenvalue weighted by atomic mass is 10.0. The summed E-state index contributed by atoms with van der Waals surface area (Å²) in [6.07, 6.45) is 4.81. The van der Waals surface area contributed by atoms with Crippen molar-refractivity contribution in [3.05, 3.63) is 23.8 Å². The Morgan fingerprint density at radius 3 is 2.87 bits per heavy atom. The summed E-state index contributed by atoms with van der Waals surface area (Å²) >= 11 is 0. The van der Waals surface area contributed by atoms with Gasteiger partial charge < -0.3 is 19.2 Å². The van der Waals surface area contributed by atoms with Crippen LogP contribution in [0.25, 0.3) is 0 Å². The Kier molecular flexibility index (Phi) is 6.26. The summed E-state index contributed by atoms with van der Waals surface area (Å²) < 4.78 is 10.5. The van der Waals surface area contributed by atoms with E-state index < -0.39 is 0 Å². The number of nitrogens with zero attached hydrogens (tertiary/aromatic N) is 2. The molecule has 1 amide bonds. The van der Waals surface area contributed by atoms with E-state index in [2.05, 4.69) is 12.1 Å². The molecule has 2 rings (SSSR count). The van der Waals surface area contributed by atoms with Crippen molar-refractivity contribution in [1.29, 1.82) is 0 Å². The minimum atomic E-state index is -0.0485. The Hall–Kier alpha value is -2.24. The predicted molar refractivity (Wildman–Crippen MR) is 88.1 cm³/mol. The standard InChI is InChI=1S/C17H24N2O4/c1-13-7-4-5-10-19(13)16(20)12-23-18-11-14-8-6-9-15(21-2)17(14)22-3/h6,8-9,11,13H,4-5,7,10,12H2,1-3H3/b18-11-/t13-/m0/s1. The Labute approximate surface area is 137 Å². The number of para-hydroxylation sites is 1. The summed E-state index contributed by atoms with van der Waals surface area (Å²) in [4.78, 5) is 19.1. The smallest absolute Gasteiger partial charge is 0.263 e. The zero-order valence-corrected chi connectivity index (χ0v) is 13.9. The van der Waals surface area contributed by atoms with Gasteiger partial charge in [-0.25, -0.2) is 0 Å². The van der Waals surface area contributed by atoms with E-state index in [1.165, 1.54) is 12.6 Å². The first-order valence-corrected chi connectivity index (χ1v) is 7.83. The number of carbonyl (C=O) groups is 1. The molecule has 1 aromatic rings. The van der Waals surface area contributed by atoms with E-state index >= 15 is 0 Å². The number of ether oxygens (including phenoxy) is 2. The monoisotopic (exact) mass is 320 g/mol. The number of oxime groups is 1. The van der Waals surface area contributed by atoms with E-state index in [1.807, 2.05) is 17.0 Å². The van der Waals surface area contributed by atoms with Crippen molar-refractivity contribution in [2.24, 2.45) is 5.16 Å². The molecule has 1 atom stereocenters. The van der Waals surface area contributed by atoms with Gasteiger partial charge in [0, 0.05) is 18.2 Å². The summed E-state index contributed by atoms with van der Waals surface area (Å²) in [5.41, 5.74) is 0.727. The highest BCUT2D eigenvalue weighted by atomic mass is 16.6. The highest BCUT2D eigenvalue weighted by Gasteiger charge is 2.23. The van der Waals surface area contributed by atoms with Crippen LogP contribution in [0.5, 0.6) is 11.5 Å². The van der Waals surface area contributed by atoms with Crippen LogP contribution >= 0.6 is 0 Å². The molecule has 0 saturated carbocycles. The number of likely N-dealkylation sites (tertiary alicyclic amines) is 1. The second-order valence-electron chi connectivity index (χ2n) is 5.52. The largest absolute Gasteiger partial charge is 0.493 e. The second-order valence-corrected chi connectivity index (χ2v) is 5.52. The van der Waals surface area contributed by atoms with Crippen LogP contribution in [0.1, 0.15) is 31.7 Å². The van der Waals surface area contributed by atoms with Crippen LogP contribution in [0, 0.1) is 0 Å². The molecule has 23 heavy (non-hydrogen) atoms. The molecule has 0 aliphatic carbocycles. The van der Waals surface area contributed by atoms with Crippen LogP contribution in [-0.2, 0) is 9.63 Å². The van der Waals surface area contributed by atoms with Crippen LogP contribution in [0.4, 0.5) is 0 Å². The van der Waals surface area contributed by atoms with E-state index in [1.54, 1.807) is 20.3 Å². The number of hydrogen-bond donors (Lipinski definition) is 0. The number of rotatable bonds is 6. The van der Waals surface area contributed by atoms with Crippen molar-refractivity contribution in [2.75, 3.05) is 27.4 Å². The van der Waals surface area contributed by atoms with Gasteiger partial charge in [-0.1, -0.05) is 11.2 Å². The predicted octanol–water partition coefficient (Wildman–Crippen LogP) is 2.46. The topological polar surface area (TPSA) is 60.4 Å². The van der Waals surface area contributed by atoms with E-state index in [-0.39, 0.29) is 18.6 Å². The first-order valence-electron chi connectivity index (χ1n) is 7.83. The molecule has 6 nitrogen and oxygen atoms in total. The van der Waals surface area contributed by atoms with Gasteiger partial charge in [0.1, 0.15) is 0 Å². The average molecular weight is 320 g/mol. The molecule has 0 radical (unpaired) electrons. The molecule has 1 aromatic carbocycles. The first-order chi connectivity index (χ1) is 11.2. The Morgan fingerprint density at radius 2 is 2.17 bits per heavy atom. The zero-order chi connectivity index (χ0) is 16.7. The van der Waals surface area contributed by atoms with Gasteiger partial charge in [0.2, 0.25) is 0 Å². The van der Waals surface area contributed by atoms with E-state index in [4.69, 9.17) is 14.3 Å². The summed E-state index contributed by atoms with van der Waals surface area (Å²) in [6, 6.07) is 5.76. The van der Waals surface area contributed by atoms with E-state index in [9.17, 15) is 4.79 Å². The SMILES string of the molecule is COc1cccc(/C=N\OCC(=O)N2CCCC[C@@H]2C)c1OC. The molecule has 0 aromatic heterocycles. The number of amides is 1. The summed E-state index contributed by atoms with van der Waals surface area (Å²) in [7, 11) is 3.14.